The topological polar surface area (TPSA) is 74.6 Å². The van der Waals surface area contributed by atoms with Gasteiger partial charge in [0.05, 0.1) is 7.11 Å². The fraction of sp³-hybridized carbons (Fsp3) is 0.182. The van der Waals surface area contributed by atoms with E-state index in [2.05, 4.69) is 10.3 Å². The van der Waals surface area contributed by atoms with Gasteiger partial charge in [-0.05, 0) is 41.5 Å². The SMILES string of the molecule is COc1cccc(C(NC(=O)/C=C/c2ccc3c(c2)OCO3)c2nccn2C)c1. The summed E-state index contributed by atoms with van der Waals surface area (Å²) in [5.74, 6) is 2.59. The molecule has 1 amide bonds. The lowest BCUT2D eigenvalue weighted by Crippen LogP contribution is -2.29. The molecule has 0 aliphatic carbocycles. The van der Waals surface area contributed by atoms with Crippen molar-refractivity contribution in [2.75, 3.05) is 13.9 Å². The molecule has 1 aliphatic heterocycles. The smallest absolute Gasteiger partial charge is 0.244 e. The molecular formula is C22H21N3O4. The first kappa shape index (κ1) is 18.6. The zero-order valence-electron chi connectivity index (χ0n) is 16.2. The molecule has 1 aliphatic rings. The van der Waals surface area contributed by atoms with Gasteiger partial charge in [0.2, 0.25) is 12.7 Å². The molecule has 1 N–H and O–H groups in total. The monoisotopic (exact) mass is 391 g/mol. The van der Waals surface area contributed by atoms with Crippen LogP contribution in [0.25, 0.3) is 6.08 Å². The lowest BCUT2D eigenvalue weighted by atomic mass is 10.1. The predicted octanol–water partition coefficient (Wildman–Crippen LogP) is 3.08. The number of amides is 1. The average molecular weight is 391 g/mol. The molecule has 2 heterocycles. The molecule has 0 bridgehead atoms. The van der Waals surface area contributed by atoms with Gasteiger partial charge in [-0.3, -0.25) is 4.79 Å². The van der Waals surface area contributed by atoms with E-state index in [1.165, 1.54) is 6.08 Å². The van der Waals surface area contributed by atoms with Crippen molar-refractivity contribution in [3.63, 3.8) is 0 Å². The fourth-order valence-corrected chi connectivity index (χ4v) is 3.15. The van der Waals surface area contributed by atoms with Crippen LogP contribution in [0.1, 0.15) is 23.0 Å². The molecule has 0 spiro atoms. The highest BCUT2D eigenvalue weighted by Crippen LogP contribution is 2.32. The van der Waals surface area contributed by atoms with E-state index in [1.807, 2.05) is 60.3 Å². The molecule has 0 saturated heterocycles. The number of benzene rings is 2. The third-order valence-electron chi connectivity index (χ3n) is 4.65. The quantitative estimate of drug-likeness (QED) is 0.654. The van der Waals surface area contributed by atoms with E-state index in [4.69, 9.17) is 14.2 Å². The molecule has 1 aromatic heterocycles. The van der Waals surface area contributed by atoms with Gasteiger partial charge in [0.25, 0.3) is 0 Å². The maximum atomic E-state index is 12.7. The minimum Gasteiger partial charge on any atom is -0.497 e. The number of imidazole rings is 1. The summed E-state index contributed by atoms with van der Waals surface area (Å²) in [6, 6.07) is 12.7. The van der Waals surface area contributed by atoms with Crippen LogP contribution in [0, 0.1) is 0 Å². The first-order valence-corrected chi connectivity index (χ1v) is 9.13. The summed E-state index contributed by atoms with van der Waals surface area (Å²) in [5, 5.41) is 3.03. The number of fused-ring (bicyclic) bond motifs is 1. The Kier molecular flexibility index (Phi) is 5.20. The average Bonchev–Trinajstić information content (AvgIpc) is 3.38. The Bertz CT molecular complexity index is 1060. The highest BCUT2D eigenvalue weighted by molar-refractivity contribution is 5.92. The standard InChI is InChI=1S/C22H21N3O4/c1-25-11-10-23-22(25)21(16-4-3-5-17(13-16)27-2)24-20(26)9-7-15-6-8-18-19(12-15)29-14-28-18/h3-13,21H,14H2,1-2H3,(H,24,26)/b9-7+. The molecule has 1 atom stereocenters. The molecule has 7 nitrogen and oxygen atoms in total. The van der Waals surface area contributed by atoms with Crippen LogP contribution in [0.4, 0.5) is 0 Å². The Morgan fingerprint density at radius 2 is 2.10 bits per heavy atom. The summed E-state index contributed by atoms with van der Waals surface area (Å²) in [4.78, 5) is 17.1. The molecule has 4 rings (SSSR count). The van der Waals surface area contributed by atoms with Crippen molar-refractivity contribution in [3.05, 3.63) is 77.9 Å². The summed E-state index contributed by atoms with van der Waals surface area (Å²) in [6.45, 7) is 0.217. The van der Waals surface area contributed by atoms with Gasteiger partial charge >= 0.3 is 0 Å². The van der Waals surface area contributed by atoms with Crippen molar-refractivity contribution in [1.82, 2.24) is 14.9 Å². The first-order valence-electron chi connectivity index (χ1n) is 9.13. The summed E-state index contributed by atoms with van der Waals surface area (Å²) >= 11 is 0. The number of aryl methyl sites for hydroxylation is 1. The number of rotatable bonds is 6. The van der Waals surface area contributed by atoms with Gasteiger partial charge in [-0.2, -0.15) is 0 Å². The van der Waals surface area contributed by atoms with E-state index in [-0.39, 0.29) is 12.7 Å². The minimum absolute atomic E-state index is 0.217. The van der Waals surface area contributed by atoms with Crippen LogP contribution in [0.2, 0.25) is 0 Å². The number of nitrogens with one attached hydrogen (secondary N) is 1. The predicted molar refractivity (Wildman–Crippen MR) is 108 cm³/mol. The molecular weight excluding hydrogens is 370 g/mol. The van der Waals surface area contributed by atoms with E-state index in [0.29, 0.717) is 17.2 Å². The van der Waals surface area contributed by atoms with Crippen LogP contribution < -0.4 is 19.5 Å². The Labute approximate surface area is 168 Å². The van der Waals surface area contributed by atoms with E-state index in [9.17, 15) is 4.79 Å². The Balaban J connectivity index is 1.55. The van der Waals surface area contributed by atoms with Crippen molar-refractivity contribution in [3.8, 4) is 17.2 Å². The lowest BCUT2D eigenvalue weighted by Gasteiger charge is -2.19. The summed E-state index contributed by atoms with van der Waals surface area (Å²) in [6.07, 6.45) is 6.78. The number of hydrogen-bond donors (Lipinski definition) is 1. The maximum absolute atomic E-state index is 12.7. The maximum Gasteiger partial charge on any atom is 0.244 e. The van der Waals surface area contributed by atoms with E-state index < -0.39 is 6.04 Å². The molecule has 0 radical (unpaired) electrons. The van der Waals surface area contributed by atoms with E-state index >= 15 is 0 Å². The molecule has 1 unspecified atom stereocenters. The molecule has 29 heavy (non-hydrogen) atoms. The second kappa shape index (κ2) is 8.10. The molecule has 3 aromatic rings. The van der Waals surface area contributed by atoms with Gasteiger partial charge in [-0.15, -0.1) is 0 Å². The van der Waals surface area contributed by atoms with Gasteiger partial charge in [-0.25, -0.2) is 4.98 Å². The zero-order valence-corrected chi connectivity index (χ0v) is 16.2. The third-order valence-corrected chi connectivity index (χ3v) is 4.65. The Morgan fingerprint density at radius 1 is 1.24 bits per heavy atom. The number of carbonyl (C=O) groups is 1. The second-order valence-corrected chi connectivity index (χ2v) is 6.56. The van der Waals surface area contributed by atoms with E-state index in [0.717, 1.165) is 17.0 Å². The summed E-state index contributed by atoms with van der Waals surface area (Å²) in [5.41, 5.74) is 1.72. The number of hydrogen-bond acceptors (Lipinski definition) is 5. The van der Waals surface area contributed by atoms with Crippen LogP contribution in [0.15, 0.2) is 60.9 Å². The second-order valence-electron chi connectivity index (χ2n) is 6.56. The van der Waals surface area contributed by atoms with Crippen molar-refractivity contribution in [1.29, 1.82) is 0 Å². The lowest BCUT2D eigenvalue weighted by molar-refractivity contribution is -0.117. The fourth-order valence-electron chi connectivity index (χ4n) is 3.15. The normalized spacial score (nSPS) is 13.4. The largest absolute Gasteiger partial charge is 0.497 e. The van der Waals surface area contributed by atoms with Gasteiger partial charge < -0.3 is 24.1 Å². The minimum atomic E-state index is -0.418. The Hall–Kier alpha value is -3.74. The number of aromatic nitrogens is 2. The van der Waals surface area contributed by atoms with Crippen molar-refractivity contribution >= 4 is 12.0 Å². The van der Waals surface area contributed by atoms with Gasteiger partial charge in [-0.1, -0.05) is 18.2 Å². The summed E-state index contributed by atoms with van der Waals surface area (Å²) in [7, 11) is 3.51. The number of ether oxygens (including phenoxy) is 3. The van der Waals surface area contributed by atoms with Gasteiger partial charge in [0, 0.05) is 25.5 Å². The molecule has 148 valence electrons. The van der Waals surface area contributed by atoms with Gasteiger partial charge in [0.15, 0.2) is 11.5 Å². The number of carbonyl (C=O) groups excluding carboxylic acids is 1. The highest BCUT2D eigenvalue weighted by Gasteiger charge is 2.20. The number of methoxy groups -OCH3 is 1. The van der Waals surface area contributed by atoms with Crippen LogP contribution in [0.5, 0.6) is 17.2 Å². The molecule has 0 fully saturated rings. The molecule has 7 heteroatoms. The summed E-state index contributed by atoms with van der Waals surface area (Å²) < 4.78 is 17.9. The van der Waals surface area contributed by atoms with Crippen LogP contribution in [0.3, 0.4) is 0 Å². The van der Waals surface area contributed by atoms with Gasteiger partial charge in [0.1, 0.15) is 17.6 Å². The van der Waals surface area contributed by atoms with Crippen molar-refractivity contribution < 1.29 is 19.0 Å². The van der Waals surface area contributed by atoms with Crippen molar-refractivity contribution in [2.24, 2.45) is 7.05 Å². The number of nitrogens with zero attached hydrogens (tertiary/aromatic N) is 2. The molecule has 2 aromatic carbocycles. The van der Waals surface area contributed by atoms with Crippen LogP contribution >= 0.6 is 0 Å². The van der Waals surface area contributed by atoms with Crippen molar-refractivity contribution in [2.45, 2.75) is 6.04 Å². The van der Waals surface area contributed by atoms with E-state index in [1.54, 1.807) is 19.4 Å². The Morgan fingerprint density at radius 3 is 2.90 bits per heavy atom. The zero-order chi connectivity index (χ0) is 20.2. The molecule has 0 saturated carbocycles. The third kappa shape index (κ3) is 4.08. The first-order chi connectivity index (χ1) is 14.1. The van der Waals surface area contributed by atoms with Crippen LogP contribution in [-0.4, -0.2) is 29.4 Å². The highest BCUT2D eigenvalue weighted by atomic mass is 16.7. The van der Waals surface area contributed by atoms with Crippen LogP contribution in [-0.2, 0) is 11.8 Å².